The van der Waals surface area contributed by atoms with E-state index >= 15 is 0 Å². The predicted octanol–water partition coefficient (Wildman–Crippen LogP) is 1.69. The van der Waals surface area contributed by atoms with E-state index in [1.165, 1.54) is 32.1 Å². The smallest absolute Gasteiger partial charge is 0.0690 e. The molecule has 4 heteroatoms. The molecular weight excluding hydrogens is 246 g/mol. The maximum absolute atomic E-state index is 11.4. The molecule has 0 radical (unpaired) electrons. The molecule has 0 aromatic carbocycles. The number of rotatable bonds is 4. The molecule has 0 unspecified atom stereocenters. The third-order valence-electron chi connectivity index (χ3n) is 5.48. The van der Waals surface area contributed by atoms with Gasteiger partial charge in [-0.05, 0) is 26.2 Å². The molecule has 3 rings (SSSR count). The fourth-order valence-corrected chi connectivity index (χ4v) is 4.75. The van der Waals surface area contributed by atoms with E-state index in [1.54, 1.807) is 6.26 Å². The Balaban J connectivity index is 1.65. The Labute approximate surface area is 113 Å². The average molecular weight is 271 g/mol. The summed E-state index contributed by atoms with van der Waals surface area (Å²) in [6.07, 6.45) is 8.93. The van der Waals surface area contributed by atoms with Crippen LogP contribution in [-0.2, 0) is 15.5 Å². The highest BCUT2D eigenvalue weighted by Gasteiger charge is 2.64. The second-order valence-electron chi connectivity index (χ2n) is 6.38. The molecule has 3 fully saturated rings. The summed E-state index contributed by atoms with van der Waals surface area (Å²) in [5, 5.41) is 3.99. The van der Waals surface area contributed by atoms with Gasteiger partial charge >= 0.3 is 0 Å². The normalized spacial score (nSPS) is 40.4. The molecule has 1 N–H and O–H groups in total. The molecule has 0 aromatic rings. The quantitative estimate of drug-likeness (QED) is 0.845. The third kappa shape index (κ3) is 1.88. The zero-order valence-electron chi connectivity index (χ0n) is 11.5. The summed E-state index contributed by atoms with van der Waals surface area (Å²) in [5.41, 5.74) is 0.427. The van der Waals surface area contributed by atoms with Gasteiger partial charge in [0, 0.05) is 52.8 Å². The lowest BCUT2D eigenvalue weighted by Crippen LogP contribution is -2.68. The van der Waals surface area contributed by atoms with E-state index in [4.69, 9.17) is 4.74 Å². The number of hydrogen-bond acceptors (Lipinski definition) is 3. The van der Waals surface area contributed by atoms with Gasteiger partial charge in [-0.15, -0.1) is 0 Å². The number of nitrogens with one attached hydrogen (secondary N) is 1. The molecule has 3 aliphatic rings. The van der Waals surface area contributed by atoms with Crippen molar-refractivity contribution in [3.8, 4) is 0 Å². The maximum Gasteiger partial charge on any atom is 0.0690 e. The van der Waals surface area contributed by atoms with Gasteiger partial charge in [-0.3, -0.25) is 4.21 Å². The van der Waals surface area contributed by atoms with Crippen LogP contribution in [0.15, 0.2) is 0 Å². The van der Waals surface area contributed by atoms with Crippen LogP contribution in [0.5, 0.6) is 0 Å². The van der Waals surface area contributed by atoms with Crippen molar-refractivity contribution in [2.45, 2.75) is 56.4 Å². The second-order valence-corrected chi connectivity index (χ2v) is 8.18. The van der Waals surface area contributed by atoms with Gasteiger partial charge in [0.15, 0.2) is 0 Å². The van der Waals surface area contributed by atoms with Crippen LogP contribution in [-0.4, -0.2) is 41.0 Å². The Hall–Kier alpha value is 0.0700. The van der Waals surface area contributed by atoms with Crippen molar-refractivity contribution in [1.82, 2.24) is 5.32 Å². The largest absolute Gasteiger partial charge is 0.377 e. The minimum Gasteiger partial charge on any atom is -0.377 e. The SMILES string of the molecule is C[C@H](CN[C@@H]1[C@@H]2CCO[C@H]2C12CCCC2)[S@@](C)=O. The van der Waals surface area contributed by atoms with Crippen molar-refractivity contribution in [2.75, 3.05) is 19.4 Å². The van der Waals surface area contributed by atoms with Crippen LogP contribution in [0.25, 0.3) is 0 Å². The number of fused-ring (bicyclic) bond motifs is 2. The Morgan fingerprint density at radius 3 is 2.83 bits per heavy atom. The first-order chi connectivity index (χ1) is 8.65. The highest BCUT2D eigenvalue weighted by Crippen LogP contribution is 2.60. The van der Waals surface area contributed by atoms with Crippen LogP contribution in [0, 0.1) is 11.3 Å². The molecule has 104 valence electrons. The van der Waals surface area contributed by atoms with Gasteiger partial charge < -0.3 is 10.1 Å². The predicted molar refractivity (Wildman–Crippen MR) is 74.1 cm³/mol. The summed E-state index contributed by atoms with van der Waals surface area (Å²) in [5.74, 6) is 0.723. The van der Waals surface area contributed by atoms with Crippen LogP contribution in [0.1, 0.15) is 39.0 Å². The van der Waals surface area contributed by atoms with Crippen molar-refractivity contribution in [1.29, 1.82) is 0 Å². The van der Waals surface area contributed by atoms with Gasteiger partial charge in [0.25, 0.3) is 0 Å². The molecule has 5 atom stereocenters. The van der Waals surface area contributed by atoms with Gasteiger partial charge in [-0.1, -0.05) is 12.8 Å². The molecule has 1 spiro atoms. The van der Waals surface area contributed by atoms with Crippen molar-refractivity contribution >= 4 is 10.8 Å². The van der Waals surface area contributed by atoms with Crippen molar-refractivity contribution in [3.63, 3.8) is 0 Å². The van der Waals surface area contributed by atoms with Crippen LogP contribution < -0.4 is 5.32 Å². The van der Waals surface area contributed by atoms with Crippen molar-refractivity contribution < 1.29 is 8.95 Å². The summed E-state index contributed by atoms with van der Waals surface area (Å²) < 4.78 is 17.4. The monoisotopic (exact) mass is 271 g/mol. The first-order valence-electron chi connectivity index (χ1n) is 7.32. The molecule has 2 aliphatic carbocycles. The van der Waals surface area contributed by atoms with Crippen LogP contribution in [0.4, 0.5) is 0 Å². The molecule has 1 saturated heterocycles. The van der Waals surface area contributed by atoms with E-state index in [1.807, 2.05) is 0 Å². The standard InChI is InChI=1S/C14H25NO2S/c1-10(18(2)16)9-15-12-11-5-8-17-13(11)14(12)6-3-4-7-14/h10-13,15H,3-9H2,1-2H3/t10-,11+,12-,13-,18-/m1/s1. The zero-order chi connectivity index (χ0) is 12.8. The minimum absolute atomic E-state index is 0.254. The molecule has 18 heavy (non-hydrogen) atoms. The topological polar surface area (TPSA) is 38.3 Å². The summed E-state index contributed by atoms with van der Waals surface area (Å²) in [7, 11) is -0.718. The lowest BCUT2D eigenvalue weighted by atomic mass is 9.54. The molecule has 2 saturated carbocycles. The minimum atomic E-state index is -0.718. The first kappa shape index (κ1) is 13.1. The fraction of sp³-hybridized carbons (Fsp3) is 1.00. The van der Waals surface area contributed by atoms with Crippen LogP contribution >= 0.6 is 0 Å². The average Bonchev–Trinajstić information content (AvgIpc) is 2.95. The molecule has 3 nitrogen and oxygen atoms in total. The van der Waals surface area contributed by atoms with Crippen molar-refractivity contribution in [2.24, 2.45) is 11.3 Å². The van der Waals surface area contributed by atoms with Gasteiger partial charge in [-0.2, -0.15) is 0 Å². The van der Waals surface area contributed by atoms with Crippen molar-refractivity contribution in [3.05, 3.63) is 0 Å². The van der Waals surface area contributed by atoms with E-state index in [0.717, 1.165) is 19.1 Å². The van der Waals surface area contributed by atoms with Crippen LogP contribution in [0.2, 0.25) is 0 Å². The Bertz CT molecular complexity index is 341. The Kier molecular flexibility index (Phi) is 3.54. The lowest BCUT2D eigenvalue weighted by Gasteiger charge is -2.57. The first-order valence-corrected chi connectivity index (χ1v) is 8.94. The summed E-state index contributed by atoms with van der Waals surface area (Å²) in [4.78, 5) is 0. The molecule has 0 amide bonds. The van der Waals surface area contributed by atoms with Crippen LogP contribution in [0.3, 0.4) is 0 Å². The highest BCUT2D eigenvalue weighted by atomic mass is 32.2. The van der Waals surface area contributed by atoms with Gasteiger partial charge in [0.2, 0.25) is 0 Å². The maximum atomic E-state index is 11.4. The lowest BCUT2D eigenvalue weighted by molar-refractivity contribution is -0.130. The molecular formula is C14H25NO2S. The summed E-state index contributed by atoms with van der Waals surface area (Å²) in [6.45, 7) is 3.91. The van der Waals surface area contributed by atoms with E-state index in [0.29, 0.717) is 17.6 Å². The third-order valence-corrected chi connectivity index (χ3v) is 6.78. The molecule has 1 aliphatic heterocycles. The van der Waals surface area contributed by atoms with Gasteiger partial charge in [0.1, 0.15) is 0 Å². The number of hydrogen-bond donors (Lipinski definition) is 1. The molecule has 0 aromatic heterocycles. The summed E-state index contributed by atoms with van der Waals surface area (Å²) >= 11 is 0. The Morgan fingerprint density at radius 2 is 2.17 bits per heavy atom. The molecule has 0 bridgehead atoms. The fourth-order valence-electron chi connectivity index (χ4n) is 4.42. The van der Waals surface area contributed by atoms with E-state index in [2.05, 4.69) is 12.2 Å². The number of ether oxygens (including phenoxy) is 1. The zero-order valence-corrected chi connectivity index (χ0v) is 12.3. The summed E-state index contributed by atoms with van der Waals surface area (Å²) in [6, 6.07) is 0.624. The molecule has 1 heterocycles. The van der Waals surface area contributed by atoms with Gasteiger partial charge in [0.05, 0.1) is 6.10 Å². The van der Waals surface area contributed by atoms with E-state index in [-0.39, 0.29) is 5.25 Å². The van der Waals surface area contributed by atoms with E-state index in [9.17, 15) is 4.21 Å². The Morgan fingerprint density at radius 1 is 1.44 bits per heavy atom. The highest BCUT2D eigenvalue weighted by molar-refractivity contribution is 7.84. The second kappa shape index (κ2) is 4.88. The van der Waals surface area contributed by atoms with E-state index < -0.39 is 10.8 Å². The van der Waals surface area contributed by atoms with Gasteiger partial charge in [-0.25, -0.2) is 0 Å².